The molecule has 5 rings (SSSR count). The van der Waals surface area contributed by atoms with E-state index < -0.39 is 0 Å². The Morgan fingerprint density at radius 2 is 2.03 bits per heavy atom. The van der Waals surface area contributed by atoms with E-state index in [1.807, 2.05) is 66.5 Å². The van der Waals surface area contributed by atoms with Crippen LogP contribution in [-0.4, -0.2) is 45.8 Å². The number of benzene rings is 1. The number of rotatable bonds is 3. The van der Waals surface area contributed by atoms with Gasteiger partial charge in [-0.1, -0.05) is 18.2 Å². The molecule has 0 radical (unpaired) electrons. The second-order valence-corrected chi connectivity index (χ2v) is 7.76. The van der Waals surface area contributed by atoms with Crippen molar-refractivity contribution in [3.63, 3.8) is 0 Å². The Labute approximate surface area is 169 Å². The van der Waals surface area contributed by atoms with Crippen molar-refractivity contribution < 1.29 is 4.79 Å². The van der Waals surface area contributed by atoms with Crippen molar-refractivity contribution >= 4 is 28.1 Å². The molecule has 0 N–H and O–H groups in total. The first-order chi connectivity index (χ1) is 14.1. The van der Waals surface area contributed by atoms with Gasteiger partial charge in [-0.05, 0) is 37.1 Å². The standard InChI is InChI=1S/C23H23N5O/c1-26(2)22-21-10-5-11-27(21)15-19(25-22)20-9-6-12-28(20)23(29)17-13-16-7-3-4-8-18(16)24-14-17/h3-5,7-8,10-11,13-15,20H,6,9,12H2,1-2H3/t20-/m1/s1. The maximum atomic E-state index is 13.3. The van der Waals surface area contributed by atoms with E-state index >= 15 is 0 Å². The van der Waals surface area contributed by atoms with Gasteiger partial charge < -0.3 is 14.2 Å². The van der Waals surface area contributed by atoms with Gasteiger partial charge in [0.15, 0.2) is 5.82 Å². The van der Waals surface area contributed by atoms with Crippen LogP contribution in [0.1, 0.15) is 34.9 Å². The van der Waals surface area contributed by atoms with Gasteiger partial charge in [-0.3, -0.25) is 9.78 Å². The van der Waals surface area contributed by atoms with Crippen LogP contribution in [0.5, 0.6) is 0 Å². The van der Waals surface area contributed by atoms with Crippen LogP contribution in [0.4, 0.5) is 5.82 Å². The van der Waals surface area contributed by atoms with Crippen molar-refractivity contribution in [3.05, 3.63) is 72.3 Å². The van der Waals surface area contributed by atoms with Gasteiger partial charge in [-0.15, -0.1) is 0 Å². The average Bonchev–Trinajstić information content (AvgIpc) is 3.41. The Bertz CT molecular complexity index is 1210. The molecule has 29 heavy (non-hydrogen) atoms. The monoisotopic (exact) mass is 385 g/mol. The van der Waals surface area contributed by atoms with E-state index in [0.29, 0.717) is 5.56 Å². The molecule has 1 fully saturated rings. The van der Waals surface area contributed by atoms with Gasteiger partial charge in [0, 0.05) is 44.6 Å². The number of hydrogen-bond acceptors (Lipinski definition) is 4. The number of carbonyl (C=O) groups is 1. The number of amides is 1. The first-order valence-corrected chi connectivity index (χ1v) is 9.92. The fourth-order valence-corrected chi connectivity index (χ4v) is 4.21. The van der Waals surface area contributed by atoms with Gasteiger partial charge in [-0.25, -0.2) is 4.98 Å². The smallest absolute Gasteiger partial charge is 0.256 e. The normalized spacial score (nSPS) is 16.6. The molecule has 1 amide bonds. The van der Waals surface area contributed by atoms with Crippen molar-refractivity contribution in [2.24, 2.45) is 0 Å². The zero-order chi connectivity index (χ0) is 20.0. The summed E-state index contributed by atoms with van der Waals surface area (Å²) < 4.78 is 2.09. The fraction of sp³-hybridized carbons (Fsp3) is 0.261. The lowest BCUT2D eigenvalue weighted by atomic mass is 10.1. The number of fused-ring (bicyclic) bond motifs is 2. The fourth-order valence-electron chi connectivity index (χ4n) is 4.21. The lowest BCUT2D eigenvalue weighted by Gasteiger charge is -2.26. The number of pyridine rings is 1. The highest BCUT2D eigenvalue weighted by molar-refractivity contribution is 5.97. The third kappa shape index (κ3) is 3.01. The number of hydrogen-bond donors (Lipinski definition) is 0. The van der Waals surface area contributed by atoms with Gasteiger partial charge in [0.2, 0.25) is 0 Å². The lowest BCUT2D eigenvalue weighted by Crippen LogP contribution is -2.31. The Kier molecular flexibility index (Phi) is 4.19. The molecule has 4 aromatic rings. The summed E-state index contributed by atoms with van der Waals surface area (Å²) in [6.07, 6.45) is 7.66. The van der Waals surface area contributed by atoms with Gasteiger partial charge >= 0.3 is 0 Å². The van der Waals surface area contributed by atoms with Crippen LogP contribution in [-0.2, 0) is 0 Å². The molecule has 0 saturated carbocycles. The predicted octanol–water partition coefficient (Wildman–Crippen LogP) is 3.93. The average molecular weight is 385 g/mol. The molecule has 0 spiro atoms. The molecule has 1 aromatic carbocycles. The minimum absolute atomic E-state index is 0.0200. The molecule has 1 atom stereocenters. The molecule has 0 aliphatic carbocycles. The first-order valence-electron chi connectivity index (χ1n) is 9.92. The van der Waals surface area contributed by atoms with Crippen LogP contribution in [0, 0.1) is 0 Å². The third-order valence-electron chi connectivity index (χ3n) is 5.63. The number of para-hydroxylation sites is 1. The SMILES string of the molecule is CN(C)c1nc([C@H]2CCCN2C(=O)c2cnc3ccccc3c2)cn2cccc12. The molecule has 0 bridgehead atoms. The van der Waals surface area contributed by atoms with E-state index in [-0.39, 0.29) is 11.9 Å². The summed E-state index contributed by atoms with van der Waals surface area (Å²) in [6.45, 7) is 0.735. The minimum atomic E-state index is -0.0283. The van der Waals surface area contributed by atoms with Crippen molar-refractivity contribution in [2.75, 3.05) is 25.5 Å². The Hall–Kier alpha value is -3.41. The highest BCUT2D eigenvalue weighted by Gasteiger charge is 2.32. The summed E-state index contributed by atoms with van der Waals surface area (Å²) in [5, 5.41) is 0.982. The molecule has 146 valence electrons. The molecule has 6 heteroatoms. The summed E-state index contributed by atoms with van der Waals surface area (Å²) in [4.78, 5) is 26.7. The molecule has 6 nitrogen and oxygen atoms in total. The molecule has 1 aliphatic rings. The van der Waals surface area contributed by atoms with Crippen molar-refractivity contribution in [1.29, 1.82) is 0 Å². The van der Waals surface area contributed by atoms with Crippen LogP contribution in [0.3, 0.4) is 0 Å². The van der Waals surface area contributed by atoms with E-state index in [1.165, 1.54) is 0 Å². The summed E-state index contributed by atoms with van der Waals surface area (Å²) in [7, 11) is 3.99. The van der Waals surface area contributed by atoms with Crippen LogP contribution in [0.15, 0.2) is 61.1 Å². The quantitative estimate of drug-likeness (QED) is 0.536. The Morgan fingerprint density at radius 1 is 1.17 bits per heavy atom. The highest BCUT2D eigenvalue weighted by Crippen LogP contribution is 2.34. The molecule has 0 unspecified atom stereocenters. The second kappa shape index (κ2) is 6.88. The molecular formula is C23H23N5O. The predicted molar refractivity (Wildman–Crippen MR) is 114 cm³/mol. The number of nitrogens with zero attached hydrogens (tertiary/aromatic N) is 5. The summed E-state index contributed by atoms with van der Waals surface area (Å²) >= 11 is 0. The second-order valence-electron chi connectivity index (χ2n) is 7.76. The van der Waals surface area contributed by atoms with E-state index in [4.69, 9.17) is 4.98 Å². The van der Waals surface area contributed by atoms with E-state index in [2.05, 4.69) is 21.6 Å². The summed E-state index contributed by atoms with van der Waals surface area (Å²) in [5.41, 5.74) is 3.52. The van der Waals surface area contributed by atoms with Gasteiger partial charge in [0.05, 0.1) is 28.3 Å². The van der Waals surface area contributed by atoms with E-state index in [9.17, 15) is 4.79 Å². The van der Waals surface area contributed by atoms with Crippen LogP contribution in [0.25, 0.3) is 16.4 Å². The maximum absolute atomic E-state index is 13.3. The van der Waals surface area contributed by atoms with E-state index in [0.717, 1.165) is 47.3 Å². The topological polar surface area (TPSA) is 53.7 Å². The molecular weight excluding hydrogens is 362 g/mol. The Morgan fingerprint density at radius 3 is 2.90 bits per heavy atom. The van der Waals surface area contributed by atoms with Gasteiger partial charge in [0.25, 0.3) is 5.91 Å². The third-order valence-corrected chi connectivity index (χ3v) is 5.63. The molecule has 1 aliphatic heterocycles. The largest absolute Gasteiger partial charge is 0.361 e. The zero-order valence-electron chi connectivity index (χ0n) is 16.6. The lowest BCUT2D eigenvalue weighted by molar-refractivity contribution is 0.0732. The van der Waals surface area contributed by atoms with Crippen molar-refractivity contribution in [1.82, 2.24) is 19.3 Å². The van der Waals surface area contributed by atoms with Crippen molar-refractivity contribution in [3.8, 4) is 0 Å². The van der Waals surface area contributed by atoms with Gasteiger partial charge in [-0.2, -0.15) is 0 Å². The number of likely N-dealkylation sites (tertiary alicyclic amines) is 1. The van der Waals surface area contributed by atoms with Crippen LogP contribution in [0.2, 0.25) is 0 Å². The van der Waals surface area contributed by atoms with Crippen molar-refractivity contribution in [2.45, 2.75) is 18.9 Å². The highest BCUT2D eigenvalue weighted by atomic mass is 16.2. The van der Waals surface area contributed by atoms with Crippen LogP contribution < -0.4 is 4.90 Å². The molecule has 3 aromatic heterocycles. The molecule has 1 saturated heterocycles. The van der Waals surface area contributed by atoms with Crippen LogP contribution >= 0.6 is 0 Å². The number of anilines is 1. The zero-order valence-corrected chi connectivity index (χ0v) is 16.6. The summed E-state index contributed by atoms with van der Waals surface area (Å²) in [5.74, 6) is 0.936. The molecule has 4 heterocycles. The maximum Gasteiger partial charge on any atom is 0.256 e. The van der Waals surface area contributed by atoms with E-state index in [1.54, 1.807) is 6.20 Å². The minimum Gasteiger partial charge on any atom is -0.361 e. The Balaban J connectivity index is 1.52. The first kappa shape index (κ1) is 17.7. The number of carbonyl (C=O) groups excluding carboxylic acids is 1. The number of aromatic nitrogens is 3. The summed E-state index contributed by atoms with van der Waals surface area (Å²) in [6, 6.07) is 13.9. The van der Waals surface area contributed by atoms with Gasteiger partial charge in [0.1, 0.15) is 0 Å².